The molecule has 0 saturated carbocycles. The molecule has 3 aromatic rings. The number of carbonyl (C=O) groups is 3. The lowest BCUT2D eigenvalue weighted by Crippen LogP contribution is -2.49. The van der Waals surface area contributed by atoms with Gasteiger partial charge in [0.15, 0.2) is 0 Å². The van der Waals surface area contributed by atoms with E-state index in [4.69, 9.17) is 4.74 Å². The van der Waals surface area contributed by atoms with Crippen molar-refractivity contribution in [1.29, 1.82) is 0 Å². The Morgan fingerprint density at radius 3 is 2.54 bits per heavy atom. The van der Waals surface area contributed by atoms with Crippen molar-refractivity contribution in [1.82, 2.24) is 25.2 Å². The summed E-state index contributed by atoms with van der Waals surface area (Å²) in [5, 5.41) is 21.7. The van der Waals surface area contributed by atoms with E-state index in [9.17, 15) is 19.5 Å². The molecular formula is C29H33N5O5. The summed E-state index contributed by atoms with van der Waals surface area (Å²) < 4.78 is 6.98. The minimum absolute atomic E-state index is 0.0486. The van der Waals surface area contributed by atoms with Gasteiger partial charge in [0.2, 0.25) is 11.8 Å². The Morgan fingerprint density at radius 1 is 1.08 bits per heavy atom. The van der Waals surface area contributed by atoms with Crippen LogP contribution in [0.4, 0.5) is 0 Å². The van der Waals surface area contributed by atoms with Gasteiger partial charge in [0.1, 0.15) is 18.2 Å². The number of para-hydroxylation sites is 1. The highest BCUT2D eigenvalue weighted by molar-refractivity contribution is 5.96. The Kier molecular flexibility index (Phi) is 7.74. The van der Waals surface area contributed by atoms with E-state index in [0.29, 0.717) is 17.5 Å². The van der Waals surface area contributed by atoms with Crippen molar-refractivity contribution in [2.75, 3.05) is 13.2 Å². The van der Waals surface area contributed by atoms with Gasteiger partial charge in [-0.1, -0.05) is 66.8 Å². The highest BCUT2D eigenvalue weighted by Gasteiger charge is 2.59. The van der Waals surface area contributed by atoms with Gasteiger partial charge < -0.3 is 20.1 Å². The average Bonchev–Trinajstić information content (AvgIpc) is 3.51. The van der Waals surface area contributed by atoms with Crippen LogP contribution < -0.4 is 5.32 Å². The molecule has 0 bridgehead atoms. The minimum atomic E-state index is -0.944. The quantitative estimate of drug-likeness (QED) is 0.321. The standard InChI is InChI=1S/C29H33N5O5/c1-3-18-14-15-20-25(24(18)29(38)39-4-2)28(37)34(23(16-35)19-10-6-5-7-11-19)26(20)27(36)30-17-33-22-13-9-8-12-21(22)31-32-33/h5-15,18,20,23-26,35H,3-4,16-17H2,1-2H3,(H,30,36)/t18-,20+,23-,24-,25-,26+/m1/s1. The molecule has 2 heterocycles. The monoisotopic (exact) mass is 531 g/mol. The number of amides is 2. The molecule has 2 aromatic carbocycles. The Hall–Kier alpha value is -4.05. The first-order chi connectivity index (χ1) is 19.0. The van der Waals surface area contributed by atoms with Crippen molar-refractivity contribution in [3.05, 3.63) is 72.3 Å². The first-order valence-corrected chi connectivity index (χ1v) is 13.4. The fourth-order valence-electron chi connectivity index (χ4n) is 6.05. The van der Waals surface area contributed by atoms with Gasteiger partial charge in [-0.2, -0.15) is 0 Å². The highest BCUT2D eigenvalue weighted by Crippen LogP contribution is 2.47. The highest BCUT2D eigenvalue weighted by atomic mass is 16.5. The molecule has 1 aliphatic heterocycles. The van der Waals surface area contributed by atoms with Crippen molar-refractivity contribution in [3.8, 4) is 0 Å². The zero-order valence-electron chi connectivity index (χ0n) is 22.0. The van der Waals surface area contributed by atoms with E-state index in [1.807, 2.05) is 73.7 Å². The summed E-state index contributed by atoms with van der Waals surface area (Å²) in [4.78, 5) is 42.7. The van der Waals surface area contributed by atoms with Gasteiger partial charge in [-0.3, -0.25) is 14.4 Å². The second kappa shape index (κ2) is 11.4. The van der Waals surface area contributed by atoms with Crippen LogP contribution >= 0.6 is 0 Å². The van der Waals surface area contributed by atoms with Crippen LogP contribution in [-0.4, -0.2) is 62.0 Å². The smallest absolute Gasteiger partial charge is 0.310 e. The maximum Gasteiger partial charge on any atom is 0.310 e. The van der Waals surface area contributed by atoms with E-state index in [-0.39, 0.29) is 31.7 Å². The molecule has 0 spiro atoms. The molecule has 2 aliphatic rings. The molecular weight excluding hydrogens is 498 g/mol. The molecule has 204 valence electrons. The summed E-state index contributed by atoms with van der Waals surface area (Å²) in [6.45, 7) is 3.57. The van der Waals surface area contributed by atoms with E-state index in [1.54, 1.807) is 11.6 Å². The van der Waals surface area contributed by atoms with Crippen LogP contribution in [0.25, 0.3) is 11.0 Å². The fraction of sp³-hybridized carbons (Fsp3) is 0.414. The number of aromatic nitrogens is 3. The van der Waals surface area contributed by atoms with Crippen LogP contribution in [-0.2, 0) is 25.8 Å². The number of hydrogen-bond donors (Lipinski definition) is 2. The van der Waals surface area contributed by atoms with E-state index >= 15 is 0 Å². The Labute approximate surface area is 226 Å². The predicted molar refractivity (Wildman–Crippen MR) is 143 cm³/mol. The van der Waals surface area contributed by atoms with E-state index in [2.05, 4.69) is 15.6 Å². The van der Waals surface area contributed by atoms with E-state index in [1.165, 1.54) is 4.90 Å². The summed E-state index contributed by atoms with van der Waals surface area (Å²) in [6.07, 6.45) is 4.47. The van der Waals surface area contributed by atoms with Crippen molar-refractivity contribution in [2.24, 2.45) is 23.7 Å². The van der Waals surface area contributed by atoms with E-state index in [0.717, 1.165) is 5.52 Å². The van der Waals surface area contributed by atoms with Crippen molar-refractivity contribution in [2.45, 2.75) is 39.0 Å². The lowest BCUT2D eigenvalue weighted by atomic mass is 9.69. The van der Waals surface area contributed by atoms with Crippen LogP contribution in [0.1, 0.15) is 31.9 Å². The molecule has 39 heavy (non-hydrogen) atoms. The lowest BCUT2D eigenvalue weighted by molar-refractivity contribution is -0.156. The second-order valence-corrected chi connectivity index (χ2v) is 9.91. The van der Waals surface area contributed by atoms with Gasteiger partial charge in [-0.05, 0) is 37.0 Å². The zero-order valence-corrected chi connectivity index (χ0v) is 22.0. The molecule has 1 saturated heterocycles. The van der Waals surface area contributed by atoms with Gasteiger partial charge in [0.05, 0.1) is 36.6 Å². The molecule has 0 unspecified atom stereocenters. The molecule has 1 aliphatic carbocycles. The first-order valence-electron chi connectivity index (χ1n) is 13.4. The van der Waals surface area contributed by atoms with E-state index < -0.39 is 41.7 Å². The SMILES string of the molecule is CCOC(=O)[C@H]1[C@@H]2C(=O)N([C@H](CO)c3ccccc3)[C@H](C(=O)NCn3nnc4ccccc43)[C@H]2C=C[C@H]1CC. The molecule has 10 heteroatoms. The molecule has 6 atom stereocenters. The number of aliphatic hydroxyl groups excluding tert-OH is 1. The maximum absolute atomic E-state index is 14.2. The number of ether oxygens (including phenoxy) is 1. The van der Waals surface area contributed by atoms with Crippen LogP contribution in [0.5, 0.6) is 0 Å². The first kappa shape index (κ1) is 26.6. The van der Waals surface area contributed by atoms with Gasteiger partial charge in [-0.25, -0.2) is 4.68 Å². The number of fused-ring (bicyclic) bond motifs is 2. The number of aliphatic hydroxyl groups is 1. The second-order valence-electron chi connectivity index (χ2n) is 9.91. The number of hydrogen-bond acceptors (Lipinski definition) is 7. The van der Waals surface area contributed by atoms with Gasteiger partial charge in [0, 0.05) is 5.92 Å². The average molecular weight is 532 g/mol. The number of nitrogens with one attached hydrogen (secondary N) is 1. The lowest BCUT2D eigenvalue weighted by Gasteiger charge is -2.34. The Bertz CT molecular complexity index is 1370. The topological polar surface area (TPSA) is 127 Å². The van der Waals surface area contributed by atoms with Crippen LogP contribution in [0.15, 0.2) is 66.7 Å². The normalized spacial score (nSPS) is 24.9. The van der Waals surface area contributed by atoms with Gasteiger partial charge in [-0.15, -0.1) is 5.10 Å². The molecule has 2 N–H and O–H groups in total. The van der Waals surface area contributed by atoms with Crippen LogP contribution in [0.2, 0.25) is 0 Å². The molecule has 1 aromatic heterocycles. The van der Waals surface area contributed by atoms with Crippen LogP contribution in [0.3, 0.4) is 0 Å². The largest absolute Gasteiger partial charge is 0.466 e. The zero-order chi connectivity index (χ0) is 27.5. The third-order valence-corrected chi connectivity index (χ3v) is 7.86. The number of benzene rings is 2. The molecule has 2 amide bonds. The molecule has 10 nitrogen and oxygen atoms in total. The van der Waals surface area contributed by atoms with Crippen LogP contribution in [0, 0.1) is 23.7 Å². The minimum Gasteiger partial charge on any atom is -0.466 e. The maximum atomic E-state index is 14.2. The summed E-state index contributed by atoms with van der Waals surface area (Å²) in [5.74, 6) is -3.43. The number of carbonyl (C=O) groups excluding carboxylic acids is 3. The van der Waals surface area contributed by atoms with Gasteiger partial charge >= 0.3 is 5.97 Å². The summed E-state index contributed by atoms with van der Waals surface area (Å²) in [6, 6.07) is 14.9. The number of likely N-dealkylation sites (tertiary alicyclic amines) is 1. The summed E-state index contributed by atoms with van der Waals surface area (Å²) in [7, 11) is 0. The number of esters is 1. The Balaban J connectivity index is 1.52. The number of nitrogens with zero attached hydrogens (tertiary/aromatic N) is 4. The predicted octanol–water partition coefficient (Wildman–Crippen LogP) is 2.46. The molecule has 5 rings (SSSR count). The van der Waals surface area contributed by atoms with Crippen molar-refractivity contribution >= 4 is 28.8 Å². The third kappa shape index (κ3) is 4.80. The van der Waals surface area contributed by atoms with Crippen molar-refractivity contribution < 1.29 is 24.2 Å². The number of rotatable bonds is 9. The fourth-order valence-corrected chi connectivity index (χ4v) is 6.05. The van der Waals surface area contributed by atoms with Gasteiger partial charge in [0.25, 0.3) is 0 Å². The molecule has 0 radical (unpaired) electrons. The number of allylic oxidation sites excluding steroid dienone is 1. The summed E-state index contributed by atoms with van der Waals surface area (Å²) in [5.41, 5.74) is 2.17. The van der Waals surface area contributed by atoms with Crippen molar-refractivity contribution in [3.63, 3.8) is 0 Å². The third-order valence-electron chi connectivity index (χ3n) is 7.86. The summed E-state index contributed by atoms with van der Waals surface area (Å²) >= 11 is 0. The molecule has 1 fully saturated rings. The Morgan fingerprint density at radius 2 is 1.82 bits per heavy atom.